The predicted molar refractivity (Wildman–Crippen MR) is 73.6 cm³/mol. The number of nitrogens with two attached hydrogens (primary N) is 1. The van der Waals surface area contributed by atoms with Crippen molar-refractivity contribution in [1.29, 1.82) is 0 Å². The second-order valence-electron chi connectivity index (χ2n) is 5.34. The first-order valence-corrected chi connectivity index (χ1v) is 6.63. The molecule has 0 aromatic heterocycles. The van der Waals surface area contributed by atoms with E-state index in [2.05, 4.69) is 0 Å². The summed E-state index contributed by atoms with van der Waals surface area (Å²) in [7, 11) is 3.08. The van der Waals surface area contributed by atoms with E-state index in [1.165, 1.54) is 7.11 Å². The van der Waals surface area contributed by atoms with Crippen LogP contribution in [0.5, 0.6) is 11.5 Å². The topological polar surface area (TPSA) is 44.5 Å². The minimum Gasteiger partial charge on any atom is -0.496 e. The maximum absolute atomic E-state index is 14.3. The minimum absolute atomic E-state index is 0.0822. The Morgan fingerprint density at radius 1 is 1.11 bits per heavy atom. The van der Waals surface area contributed by atoms with E-state index < -0.39 is 0 Å². The van der Waals surface area contributed by atoms with Gasteiger partial charge in [-0.3, -0.25) is 0 Å². The van der Waals surface area contributed by atoms with Gasteiger partial charge in [0.1, 0.15) is 5.75 Å². The van der Waals surface area contributed by atoms with Gasteiger partial charge < -0.3 is 15.2 Å². The van der Waals surface area contributed by atoms with Crippen molar-refractivity contribution in [3.8, 4) is 11.5 Å². The van der Waals surface area contributed by atoms with E-state index in [4.69, 9.17) is 15.2 Å². The van der Waals surface area contributed by atoms with Crippen LogP contribution in [0.4, 0.5) is 4.39 Å². The van der Waals surface area contributed by atoms with Crippen molar-refractivity contribution in [2.24, 2.45) is 5.73 Å². The van der Waals surface area contributed by atoms with E-state index in [0.29, 0.717) is 23.6 Å². The van der Waals surface area contributed by atoms with Gasteiger partial charge in [-0.1, -0.05) is 6.42 Å². The molecule has 0 heterocycles. The molecule has 0 aliphatic heterocycles. The van der Waals surface area contributed by atoms with Gasteiger partial charge in [-0.25, -0.2) is 4.39 Å². The molecule has 1 fully saturated rings. The lowest BCUT2D eigenvalue weighted by Crippen LogP contribution is -2.42. The van der Waals surface area contributed by atoms with Crippen LogP contribution in [0, 0.1) is 19.7 Å². The largest absolute Gasteiger partial charge is 0.496 e. The Morgan fingerprint density at radius 2 is 1.68 bits per heavy atom. The van der Waals surface area contributed by atoms with Crippen LogP contribution in [-0.2, 0) is 5.41 Å². The van der Waals surface area contributed by atoms with Gasteiger partial charge in [0.25, 0.3) is 0 Å². The third-order valence-electron chi connectivity index (χ3n) is 4.45. The molecule has 2 N–H and O–H groups in total. The number of hydrogen-bond acceptors (Lipinski definition) is 3. The Kier molecular flexibility index (Phi) is 3.72. The monoisotopic (exact) mass is 267 g/mol. The third kappa shape index (κ3) is 1.89. The summed E-state index contributed by atoms with van der Waals surface area (Å²) in [5.74, 6) is 0.598. The van der Waals surface area contributed by atoms with Crippen molar-refractivity contribution in [2.45, 2.75) is 38.5 Å². The zero-order valence-electron chi connectivity index (χ0n) is 12.1. The van der Waals surface area contributed by atoms with Crippen LogP contribution < -0.4 is 15.2 Å². The van der Waals surface area contributed by atoms with Crippen LogP contribution in [0.15, 0.2) is 0 Å². The molecule has 0 unspecified atom stereocenters. The molecule has 1 saturated carbocycles. The van der Waals surface area contributed by atoms with Crippen LogP contribution in [0.2, 0.25) is 0 Å². The lowest BCUT2D eigenvalue weighted by atomic mass is 9.62. The molecular weight excluding hydrogens is 245 g/mol. The number of methoxy groups -OCH3 is 2. The summed E-state index contributed by atoms with van der Waals surface area (Å²) in [5, 5.41) is 0. The van der Waals surface area contributed by atoms with Crippen molar-refractivity contribution in [1.82, 2.24) is 0 Å². The summed E-state index contributed by atoms with van der Waals surface area (Å²) >= 11 is 0. The molecular formula is C15H22FNO2. The fraction of sp³-hybridized carbons (Fsp3) is 0.600. The van der Waals surface area contributed by atoms with E-state index in [9.17, 15) is 4.39 Å². The molecule has 4 heteroatoms. The van der Waals surface area contributed by atoms with E-state index in [-0.39, 0.29) is 11.2 Å². The summed E-state index contributed by atoms with van der Waals surface area (Å²) in [6.45, 7) is 4.16. The van der Waals surface area contributed by atoms with Crippen molar-refractivity contribution in [3.05, 3.63) is 22.5 Å². The zero-order chi connectivity index (χ0) is 14.2. The Labute approximate surface area is 113 Å². The number of benzene rings is 1. The quantitative estimate of drug-likeness (QED) is 0.912. The van der Waals surface area contributed by atoms with Gasteiger partial charge in [0, 0.05) is 28.7 Å². The zero-order valence-corrected chi connectivity index (χ0v) is 12.1. The SMILES string of the molecule is COc1c(C)c(C2(CN)CCC2)c(OC)c(C)c1F. The molecule has 1 aromatic carbocycles. The minimum atomic E-state index is -0.341. The van der Waals surface area contributed by atoms with Crippen LogP contribution in [0.1, 0.15) is 36.0 Å². The number of ether oxygens (including phenoxy) is 2. The lowest BCUT2D eigenvalue weighted by Gasteiger charge is -2.43. The van der Waals surface area contributed by atoms with Gasteiger partial charge in [-0.2, -0.15) is 0 Å². The van der Waals surface area contributed by atoms with Gasteiger partial charge in [0.05, 0.1) is 14.2 Å². The fourth-order valence-electron chi connectivity index (χ4n) is 3.20. The van der Waals surface area contributed by atoms with Crippen molar-refractivity contribution in [3.63, 3.8) is 0 Å². The lowest BCUT2D eigenvalue weighted by molar-refractivity contribution is 0.239. The average Bonchev–Trinajstić information content (AvgIpc) is 2.35. The van der Waals surface area contributed by atoms with Crippen LogP contribution in [0.3, 0.4) is 0 Å². The number of halogens is 1. The van der Waals surface area contributed by atoms with Gasteiger partial charge >= 0.3 is 0 Å². The van der Waals surface area contributed by atoms with Crippen molar-refractivity contribution in [2.75, 3.05) is 20.8 Å². The third-order valence-corrected chi connectivity index (χ3v) is 4.45. The second kappa shape index (κ2) is 5.00. The van der Waals surface area contributed by atoms with Crippen LogP contribution >= 0.6 is 0 Å². The van der Waals surface area contributed by atoms with Gasteiger partial charge in [-0.05, 0) is 26.7 Å². The fourth-order valence-corrected chi connectivity index (χ4v) is 3.20. The molecule has 3 nitrogen and oxygen atoms in total. The van der Waals surface area contributed by atoms with E-state index >= 15 is 0 Å². The van der Waals surface area contributed by atoms with Crippen LogP contribution in [-0.4, -0.2) is 20.8 Å². The van der Waals surface area contributed by atoms with E-state index in [1.807, 2.05) is 6.92 Å². The molecule has 2 rings (SSSR count). The molecule has 1 aliphatic rings. The van der Waals surface area contributed by atoms with Gasteiger partial charge in [0.15, 0.2) is 11.6 Å². The molecule has 0 bridgehead atoms. The predicted octanol–water partition coefficient (Wildman–Crippen LogP) is 2.84. The molecule has 1 aromatic rings. The van der Waals surface area contributed by atoms with E-state index in [1.54, 1.807) is 14.0 Å². The van der Waals surface area contributed by atoms with Crippen molar-refractivity contribution < 1.29 is 13.9 Å². The van der Waals surface area contributed by atoms with E-state index in [0.717, 1.165) is 30.4 Å². The maximum Gasteiger partial charge on any atom is 0.171 e. The maximum atomic E-state index is 14.3. The highest BCUT2D eigenvalue weighted by Crippen LogP contribution is 2.51. The highest BCUT2D eigenvalue weighted by molar-refractivity contribution is 5.58. The summed E-state index contributed by atoms with van der Waals surface area (Å²) in [6, 6.07) is 0. The molecule has 106 valence electrons. The smallest absolute Gasteiger partial charge is 0.171 e. The first-order valence-electron chi connectivity index (χ1n) is 6.63. The Morgan fingerprint density at radius 3 is 2.05 bits per heavy atom. The normalized spacial score (nSPS) is 16.9. The van der Waals surface area contributed by atoms with Gasteiger partial charge in [-0.15, -0.1) is 0 Å². The first-order chi connectivity index (χ1) is 9.02. The summed E-state index contributed by atoms with van der Waals surface area (Å²) in [5.41, 5.74) is 8.24. The molecule has 0 amide bonds. The molecule has 0 atom stereocenters. The molecule has 0 spiro atoms. The average molecular weight is 267 g/mol. The Balaban J connectivity index is 2.74. The highest BCUT2D eigenvalue weighted by Gasteiger charge is 2.42. The Bertz CT molecular complexity index is 490. The van der Waals surface area contributed by atoms with Crippen LogP contribution in [0.25, 0.3) is 0 Å². The van der Waals surface area contributed by atoms with Gasteiger partial charge in [0.2, 0.25) is 0 Å². The van der Waals surface area contributed by atoms with Crippen molar-refractivity contribution >= 4 is 0 Å². The summed E-state index contributed by atoms with van der Waals surface area (Å²) in [6.07, 6.45) is 3.20. The highest BCUT2D eigenvalue weighted by atomic mass is 19.1. The molecule has 0 radical (unpaired) electrons. The summed E-state index contributed by atoms with van der Waals surface area (Å²) in [4.78, 5) is 0. The number of rotatable bonds is 4. The molecule has 0 saturated heterocycles. The molecule has 19 heavy (non-hydrogen) atoms. The molecule has 1 aliphatic carbocycles. The standard InChI is InChI=1S/C15H22FNO2/c1-9-11(15(8-17)6-5-7-15)13(18-3)10(2)12(16)14(9)19-4/h5-8,17H2,1-4H3. The first kappa shape index (κ1) is 14.1. The second-order valence-corrected chi connectivity index (χ2v) is 5.34. The summed E-state index contributed by atoms with van der Waals surface area (Å²) < 4.78 is 25.0. The number of hydrogen-bond donors (Lipinski definition) is 1. The Hall–Kier alpha value is -1.29.